The summed E-state index contributed by atoms with van der Waals surface area (Å²) < 4.78 is 16.2. The molecule has 7 nitrogen and oxygen atoms in total. The van der Waals surface area contributed by atoms with Gasteiger partial charge in [-0.3, -0.25) is 4.90 Å². The van der Waals surface area contributed by atoms with Crippen LogP contribution in [0.4, 0.5) is 4.79 Å². The first-order valence-corrected chi connectivity index (χ1v) is 8.90. The minimum Gasteiger partial charge on any atom is -0.480 e. The number of hydrogen-bond acceptors (Lipinski definition) is 6. The number of benzene rings is 1. The van der Waals surface area contributed by atoms with Gasteiger partial charge in [0.25, 0.3) is 0 Å². The van der Waals surface area contributed by atoms with Crippen molar-refractivity contribution in [2.45, 2.75) is 25.1 Å². The lowest BCUT2D eigenvalue weighted by Gasteiger charge is -2.43. The van der Waals surface area contributed by atoms with Gasteiger partial charge in [-0.05, 0) is 23.6 Å². The van der Waals surface area contributed by atoms with Crippen LogP contribution in [0.15, 0.2) is 48.5 Å². The fourth-order valence-electron chi connectivity index (χ4n) is 3.46. The van der Waals surface area contributed by atoms with Crippen molar-refractivity contribution in [3.8, 4) is 5.88 Å². The minimum atomic E-state index is -0.312. The Balaban J connectivity index is 1.48. The zero-order valence-electron chi connectivity index (χ0n) is 15.1. The molecule has 1 aromatic heterocycles. The van der Waals surface area contributed by atoms with Gasteiger partial charge < -0.3 is 14.2 Å². The Kier molecular flexibility index (Phi) is 5.02. The maximum atomic E-state index is 12.7. The van der Waals surface area contributed by atoms with Crippen LogP contribution in [0.25, 0.3) is 5.57 Å². The molecule has 0 aliphatic carbocycles. The third-order valence-corrected chi connectivity index (χ3v) is 4.79. The average Bonchev–Trinajstić information content (AvgIpc) is 2.72. The quantitative estimate of drug-likeness (QED) is 0.827. The minimum absolute atomic E-state index is 0.0732. The molecule has 0 radical (unpaired) electrons. The molecule has 2 bridgehead atoms. The summed E-state index contributed by atoms with van der Waals surface area (Å²) in [6, 6.07) is 13.1. The van der Waals surface area contributed by atoms with Crippen molar-refractivity contribution in [3.05, 3.63) is 59.8 Å². The summed E-state index contributed by atoms with van der Waals surface area (Å²) in [5.74, 6) is 0.477. The van der Waals surface area contributed by atoms with Crippen molar-refractivity contribution >= 4 is 11.7 Å². The molecule has 0 spiro atoms. The summed E-state index contributed by atoms with van der Waals surface area (Å²) in [6.07, 6.45) is 2.36. The smallest absolute Gasteiger partial charge is 0.411 e. The lowest BCUT2D eigenvalue weighted by molar-refractivity contribution is -0.0342. The van der Waals surface area contributed by atoms with Gasteiger partial charge in [0.1, 0.15) is 6.61 Å². The number of hydrogen-bond donors (Lipinski definition) is 0. The fourth-order valence-corrected chi connectivity index (χ4v) is 3.46. The fraction of sp³-hybridized carbons (Fsp3) is 0.350. The van der Waals surface area contributed by atoms with Crippen LogP contribution in [0, 0.1) is 0 Å². The van der Waals surface area contributed by atoms with E-state index in [1.165, 1.54) is 0 Å². The van der Waals surface area contributed by atoms with Crippen molar-refractivity contribution in [2.24, 2.45) is 0 Å². The molecule has 140 valence electrons. The topological polar surface area (TPSA) is 73.8 Å². The number of nitrogens with zero attached hydrogens (tertiary/aromatic N) is 3. The number of ether oxygens (including phenoxy) is 3. The van der Waals surface area contributed by atoms with E-state index in [4.69, 9.17) is 14.2 Å². The Morgan fingerprint density at radius 2 is 2.04 bits per heavy atom. The number of aromatic nitrogens is 2. The van der Waals surface area contributed by atoms with E-state index < -0.39 is 0 Å². The highest BCUT2D eigenvalue weighted by Crippen LogP contribution is 2.32. The van der Waals surface area contributed by atoms with E-state index in [1.54, 1.807) is 18.1 Å². The van der Waals surface area contributed by atoms with Gasteiger partial charge in [0, 0.05) is 6.07 Å². The molecule has 1 aromatic carbocycles. The van der Waals surface area contributed by atoms with E-state index in [0.717, 1.165) is 16.8 Å². The van der Waals surface area contributed by atoms with Crippen molar-refractivity contribution in [3.63, 3.8) is 0 Å². The molecule has 3 heterocycles. The molecule has 2 aliphatic rings. The van der Waals surface area contributed by atoms with Crippen LogP contribution < -0.4 is 4.74 Å². The Morgan fingerprint density at radius 1 is 1.19 bits per heavy atom. The normalized spacial score (nSPS) is 21.4. The highest BCUT2D eigenvalue weighted by Gasteiger charge is 2.39. The molecule has 2 unspecified atom stereocenters. The third-order valence-electron chi connectivity index (χ3n) is 4.79. The summed E-state index contributed by atoms with van der Waals surface area (Å²) in [4.78, 5) is 14.5. The van der Waals surface area contributed by atoms with Crippen molar-refractivity contribution in [1.29, 1.82) is 0 Å². The first kappa shape index (κ1) is 17.5. The van der Waals surface area contributed by atoms with Crippen molar-refractivity contribution in [1.82, 2.24) is 15.1 Å². The van der Waals surface area contributed by atoms with E-state index in [9.17, 15) is 4.79 Å². The monoisotopic (exact) mass is 367 g/mol. The molecule has 4 rings (SSSR count). The van der Waals surface area contributed by atoms with E-state index >= 15 is 0 Å². The molecule has 0 saturated carbocycles. The predicted octanol–water partition coefficient (Wildman–Crippen LogP) is 2.68. The summed E-state index contributed by atoms with van der Waals surface area (Å²) in [6.45, 7) is 1.19. The molecule has 7 heteroatoms. The molecule has 2 atom stereocenters. The van der Waals surface area contributed by atoms with Crippen molar-refractivity contribution in [2.75, 3.05) is 20.3 Å². The van der Waals surface area contributed by atoms with Crippen LogP contribution in [0.3, 0.4) is 0 Å². The second-order valence-electron chi connectivity index (χ2n) is 6.56. The molecular weight excluding hydrogens is 346 g/mol. The largest absolute Gasteiger partial charge is 0.480 e. The number of amides is 1. The maximum Gasteiger partial charge on any atom is 0.411 e. The first-order valence-electron chi connectivity index (χ1n) is 8.90. The van der Waals surface area contributed by atoms with Crippen LogP contribution in [-0.4, -0.2) is 53.6 Å². The Bertz CT molecular complexity index is 823. The van der Waals surface area contributed by atoms with Gasteiger partial charge in [0.05, 0.1) is 38.1 Å². The summed E-state index contributed by atoms with van der Waals surface area (Å²) in [5, 5.41) is 8.26. The maximum absolute atomic E-state index is 12.7. The number of morpholine rings is 1. The van der Waals surface area contributed by atoms with Crippen LogP contribution in [-0.2, 0) is 16.1 Å². The molecule has 1 saturated heterocycles. The zero-order chi connectivity index (χ0) is 18.6. The van der Waals surface area contributed by atoms with Gasteiger partial charge >= 0.3 is 6.09 Å². The highest BCUT2D eigenvalue weighted by molar-refractivity contribution is 5.73. The lowest BCUT2D eigenvalue weighted by Crippen LogP contribution is -2.56. The van der Waals surface area contributed by atoms with E-state index in [2.05, 4.69) is 10.2 Å². The molecular formula is C20H21N3O4. The van der Waals surface area contributed by atoms with E-state index in [1.807, 2.05) is 42.5 Å². The molecule has 2 aliphatic heterocycles. The predicted molar refractivity (Wildman–Crippen MR) is 98.0 cm³/mol. The van der Waals surface area contributed by atoms with Gasteiger partial charge in [-0.2, -0.15) is 0 Å². The Morgan fingerprint density at radius 3 is 2.74 bits per heavy atom. The van der Waals surface area contributed by atoms with E-state index in [0.29, 0.717) is 25.5 Å². The van der Waals surface area contributed by atoms with Crippen LogP contribution in [0.1, 0.15) is 17.7 Å². The second kappa shape index (κ2) is 7.75. The van der Waals surface area contributed by atoms with Gasteiger partial charge in [-0.1, -0.05) is 36.4 Å². The number of carbonyl (C=O) groups excluding carboxylic acids is 1. The lowest BCUT2D eigenvalue weighted by atomic mass is 9.92. The number of fused-ring (bicyclic) bond motifs is 2. The third kappa shape index (κ3) is 3.78. The molecule has 27 heavy (non-hydrogen) atoms. The van der Waals surface area contributed by atoms with Crippen molar-refractivity contribution < 1.29 is 19.0 Å². The Labute approximate surface area is 157 Å². The molecule has 1 amide bonds. The highest BCUT2D eigenvalue weighted by atomic mass is 16.6. The van der Waals surface area contributed by atoms with Gasteiger partial charge in [-0.25, -0.2) is 4.79 Å². The number of methoxy groups -OCH3 is 1. The van der Waals surface area contributed by atoms with Crippen LogP contribution >= 0.6 is 0 Å². The summed E-state index contributed by atoms with van der Waals surface area (Å²) in [7, 11) is 1.56. The summed E-state index contributed by atoms with van der Waals surface area (Å²) >= 11 is 0. The van der Waals surface area contributed by atoms with Gasteiger partial charge in [-0.15, -0.1) is 10.2 Å². The summed E-state index contributed by atoms with van der Waals surface area (Å²) in [5.41, 5.74) is 2.83. The molecule has 2 aromatic rings. The van der Waals surface area contributed by atoms with Crippen LogP contribution in [0.2, 0.25) is 0 Å². The molecule has 0 N–H and O–H groups in total. The SMILES string of the molecule is COc1ccc(C2=CC3COCC(C2)N3C(=O)OCc2ccccc2)nn1. The van der Waals surface area contributed by atoms with Crippen LogP contribution in [0.5, 0.6) is 5.88 Å². The molecule has 1 fully saturated rings. The zero-order valence-corrected chi connectivity index (χ0v) is 15.1. The standard InChI is InChI=1S/C20H21N3O4/c1-25-19-8-7-18(21-22-19)15-9-16-12-26-13-17(10-15)23(16)20(24)27-11-14-5-3-2-4-6-14/h2-9,16-17H,10-13H2,1H3. The Hall–Kier alpha value is -2.93. The number of rotatable bonds is 4. The second-order valence-corrected chi connectivity index (χ2v) is 6.56. The number of carbonyl (C=O) groups is 1. The van der Waals surface area contributed by atoms with E-state index in [-0.39, 0.29) is 24.8 Å². The average molecular weight is 367 g/mol. The van der Waals surface area contributed by atoms with Gasteiger partial charge in [0.15, 0.2) is 0 Å². The first-order chi connectivity index (χ1) is 13.2. The van der Waals surface area contributed by atoms with Gasteiger partial charge in [0.2, 0.25) is 5.88 Å².